The fraction of sp³-hybridized carbons (Fsp3) is 0.556. The van der Waals surface area contributed by atoms with Gasteiger partial charge < -0.3 is 9.52 Å². The molecule has 2 aromatic rings. The van der Waals surface area contributed by atoms with E-state index in [0.29, 0.717) is 11.8 Å². The van der Waals surface area contributed by atoms with Gasteiger partial charge in [0.1, 0.15) is 5.75 Å². The lowest BCUT2D eigenvalue weighted by molar-refractivity contribution is 0.126. The zero-order valence-electron chi connectivity index (χ0n) is 18.7. The Balaban J connectivity index is 1.76. The SMILES string of the molecule is CCCCC1=C(c2cc(O)ccc2C)CCN(Cc2ccoc2)C1C1CCCCC1. The quantitative estimate of drug-likeness (QED) is 0.532. The van der Waals surface area contributed by atoms with E-state index in [4.69, 9.17) is 4.42 Å². The molecule has 1 aromatic heterocycles. The summed E-state index contributed by atoms with van der Waals surface area (Å²) in [7, 11) is 0. The van der Waals surface area contributed by atoms with Crippen LogP contribution in [-0.2, 0) is 6.54 Å². The maximum absolute atomic E-state index is 10.2. The van der Waals surface area contributed by atoms with Crippen molar-refractivity contribution in [2.24, 2.45) is 5.92 Å². The Labute approximate surface area is 181 Å². The molecule has 0 saturated heterocycles. The highest BCUT2D eigenvalue weighted by molar-refractivity contribution is 5.74. The van der Waals surface area contributed by atoms with E-state index in [-0.39, 0.29) is 0 Å². The second-order valence-electron chi connectivity index (χ2n) is 9.30. The Kier molecular flexibility index (Phi) is 6.99. The number of aromatic hydroxyl groups is 1. The first-order valence-corrected chi connectivity index (χ1v) is 11.9. The van der Waals surface area contributed by atoms with Gasteiger partial charge in [0.2, 0.25) is 0 Å². The third-order valence-electron chi connectivity index (χ3n) is 7.20. The molecule has 4 rings (SSSR count). The van der Waals surface area contributed by atoms with Crippen LogP contribution in [0.25, 0.3) is 5.57 Å². The maximum Gasteiger partial charge on any atom is 0.116 e. The standard InChI is InChI=1S/C27H37NO2/c1-3-4-10-25-24(26-17-23(29)12-11-20(26)2)13-15-28(18-21-14-16-30-19-21)27(25)22-8-6-5-7-9-22/h11-12,14,16-17,19,22,27,29H,3-10,13,15,18H2,1-2H3. The second kappa shape index (κ2) is 9.87. The van der Waals surface area contributed by atoms with Gasteiger partial charge >= 0.3 is 0 Å². The lowest BCUT2D eigenvalue weighted by Gasteiger charge is -2.45. The van der Waals surface area contributed by atoms with Gasteiger partial charge in [-0.2, -0.15) is 0 Å². The van der Waals surface area contributed by atoms with Crippen molar-refractivity contribution in [2.45, 2.75) is 84.2 Å². The van der Waals surface area contributed by atoms with Gasteiger partial charge in [0.05, 0.1) is 12.5 Å². The second-order valence-corrected chi connectivity index (χ2v) is 9.30. The van der Waals surface area contributed by atoms with E-state index < -0.39 is 0 Å². The minimum atomic E-state index is 0.382. The number of rotatable bonds is 7. The van der Waals surface area contributed by atoms with Crippen LogP contribution < -0.4 is 0 Å². The van der Waals surface area contributed by atoms with Crippen LogP contribution in [0.4, 0.5) is 0 Å². The summed E-state index contributed by atoms with van der Waals surface area (Å²) in [5.41, 5.74) is 6.98. The molecule has 1 atom stereocenters. The van der Waals surface area contributed by atoms with Crippen molar-refractivity contribution >= 4 is 5.57 Å². The van der Waals surface area contributed by atoms with Crippen molar-refractivity contribution in [1.29, 1.82) is 0 Å². The molecule has 0 radical (unpaired) electrons. The summed E-state index contributed by atoms with van der Waals surface area (Å²) in [6.45, 7) is 6.53. The molecule has 1 aliphatic heterocycles. The van der Waals surface area contributed by atoms with E-state index in [1.165, 1.54) is 73.6 Å². The molecule has 1 aliphatic carbocycles. The molecule has 3 heteroatoms. The smallest absolute Gasteiger partial charge is 0.116 e. The number of phenolic OH excluding ortho intramolecular Hbond substituents is 1. The highest BCUT2D eigenvalue weighted by Gasteiger charge is 2.36. The summed E-state index contributed by atoms with van der Waals surface area (Å²) in [6.07, 6.45) is 15.2. The number of hydrogen-bond acceptors (Lipinski definition) is 3. The van der Waals surface area contributed by atoms with Crippen molar-refractivity contribution in [3.05, 3.63) is 59.1 Å². The molecule has 2 heterocycles. The van der Waals surface area contributed by atoms with Crippen LogP contribution in [0.3, 0.4) is 0 Å². The lowest BCUT2D eigenvalue weighted by Crippen LogP contribution is -2.45. The maximum atomic E-state index is 10.2. The number of phenols is 1. The Morgan fingerprint density at radius 3 is 2.70 bits per heavy atom. The molecular formula is C27H37NO2. The van der Waals surface area contributed by atoms with E-state index in [9.17, 15) is 5.11 Å². The van der Waals surface area contributed by atoms with E-state index in [0.717, 1.165) is 25.4 Å². The summed E-state index contributed by atoms with van der Waals surface area (Å²) in [5.74, 6) is 1.12. The Morgan fingerprint density at radius 2 is 1.97 bits per heavy atom. The van der Waals surface area contributed by atoms with E-state index >= 15 is 0 Å². The summed E-state index contributed by atoms with van der Waals surface area (Å²) in [4.78, 5) is 2.73. The molecule has 1 saturated carbocycles. The normalized spacial score (nSPS) is 21.3. The van der Waals surface area contributed by atoms with Crippen LogP contribution in [0.2, 0.25) is 0 Å². The number of aryl methyl sites for hydroxylation is 1. The molecule has 0 amide bonds. The minimum absolute atomic E-state index is 0.382. The van der Waals surface area contributed by atoms with Crippen molar-refractivity contribution in [1.82, 2.24) is 4.90 Å². The summed E-state index contributed by atoms with van der Waals surface area (Å²) < 4.78 is 5.38. The van der Waals surface area contributed by atoms with Crippen molar-refractivity contribution in [3.8, 4) is 5.75 Å². The average Bonchev–Trinajstić information content (AvgIpc) is 3.28. The predicted molar refractivity (Wildman–Crippen MR) is 123 cm³/mol. The van der Waals surface area contributed by atoms with Crippen molar-refractivity contribution in [3.63, 3.8) is 0 Å². The zero-order chi connectivity index (χ0) is 20.9. The van der Waals surface area contributed by atoms with Gasteiger partial charge in [-0.1, -0.05) is 38.7 Å². The van der Waals surface area contributed by atoms with E-state index in [2.05, 4.69) is 30.9 Å². The summed E-state index contributed by atoms with van der Waals surface area (Å²) >= 11 is 0. The van der Waals surface area contributed by atoms with Crippen molar-refractivity contribution < 1.29 is 9.52 Å². The fourth-order valence-electron chi connectivity index (χ4n) is 5.69. The topological polar surface area (TPSA) is 36.6 Å². The molecule has 3 nitrogen and oxygen atoms in total. The van der Waals surface area contributed by atoms with Gasteiger partial charge in [-0.25, -0.2) is 0 Å². The summed E-state index contributed by atoms with van der Waals surface area (Å²) in [5, 5.41) is 10.2. The highest BCUT2D eigenvalue weighted by atomic mass is 16.3. The molecule has 1 fully saturated rings. The van der Waals surface area contributed by atoms with Gasteiger partial charge in [-0.3, -0.25) is 4.90 Å². The van der Waals surface area contributed by atoms with Gasteiger partial charge in [-0.05, 0) is 85.4 Å². The molecule has 0 spiro atoms. The predicted octanol–water partition coefficient (Wildman–Crippen LogP) is 7.09. The molecule has 2 aliphatic rings. The van der Waals surface area contributed by atoms with Gasteiger partial charge in [0, 0.05) is 24.7 Å². The molecule has 1 N–H and O–H groups in total. The minimum Gasteiger partial charge on any atom is -0.508 e. The largest absolute Gasteiger partial charge is 0.508 e. The van der Waals surface area contributed by atoms with E-state index in [1.54, 1.807) is 11.8 Å². The molecule has 1 aromatic carbocycles. The summed E-state index contributed by atoms with van der Waals surface area (Å²) in [6, 6.07) is 8.51. The number of benzene rings is 1. The first kappa shape index (κ1) is 21.2. The number of nitrogens with zero attached hydrogens (tertiary/aromatic N) is 1. The zero-order valence-corrected chi connectivity index (χ0v) is 18.7. The first-order chi connectivity index (χ1) is 14.7. The highest BCUT2D eigenvalue weighted by Crippen LogP contribution is 2.43. The number of unbranched alkanes of at least 4 members (excludes halogenated alkanes) is 1. The van der Waals surface area contributed by atoms with Gasteiger partial charge in [-0.15, -0.1) is 0 Å². The third kappa shape index (κ3) is 4.67. The monoisotopic (exact) mass is 407 g/mol. The van der Waals surface area contributed by atoms with Gasteiger partial charge in [0.25, 0.3) is 0 Å². The first-order valence-electron chi connectivity index (χ1n) is 11.9. The van der Waals surface area contributed by atoms with Crippen LogP contribution >= 0.6 is 0 Å². The Morgan fingerprint density at radius 1 is 1.13 bits per heavy atom. The molecular weight excluding hydrogens is 370 g/mol. The molecule has 1 unspecified atom stereocenters. The van der Waals surface area contributed by atoms with Crippen molar-refractivity contribution in [2.75, 3.05) is 6.54 Å². The van der Waals surface area contributed by atoms with E-state index in [1.807, 2.05) is 18.4 Å². The number of hydrogen-bond donors (Lipinski definition) is 1. The fourth-order valence-corrected chi connectivity index (χ4v) is 5.69. The van der Waals surface area contributed by atoms with Crippen LogP contribution in [0.1, 0.15) is 81.4 Å². The van der Waals surface area contributed by atoms with Crippen LogP contribution in [0.5, 0.6) is 5.75 Å². The third-order valence-corrected chi connectivity index (χ3v) is 7.20. The van der Waals surface area contributed by atoms with Crippen LogP contribution in [0, 0.1) is 12.8 Å². The lowest BCUT2D eigenvalue weighted by atomic mass is 9.74. The Bertz CT molecular complexity index is 846. The number of furan rings is 1. The molecule has 0 bridgehead atoms. The average molecular weight is 408 g/mol. The molecule has 30 heavy (non-hydrogen) atoms. The van der Waals surface area contributed by atoms with Crippen LogP contribution in [-0.4, -0.2) is 22.6 Å². The van der Waals surface area contributed by atoms with Gasteiger partial charge in [0.15, 0.2) is 0 Å². The van der Waals surface area contributed by atoms with Crippen LogP contribution in [0.15, 0.2) is 46.8 Å². The molecule has 162 valence electrons. The Hall–Kier alpha value is -2.00.